The van der Waals surface area contributed by atoms with Gasteiger partial charge in [-0.1, -0.05) is 0 Å². The molecule has 0 saturated carbocycles. The molecule has 0 amide bonds. The monoisotopic (exact) mass is 559 g/mol. The predicted molar refractivity (Wildman–Crippen MR) is 138 cm³/mol. The second-order valence-corrected chi connectivity index (χ2v) is 10.8. The molecule has 1 saturated heterocycles. The van der Waals surface area contributed by atoms with Crippen LogP contribution in [0.1, 0.15) is 99.7 Å². The van der Waals surface area contributed by atoms with Gasteiger partial charge in [0.05, 0.1) is 0 Å². The number of aromatic nitrogens is 1. The molecule has 0 spiro atoms. The number of hydrogen-bond donors (Lipinski definition) is 0. The Morgan fingerprint density at radius 2 is 1.63 bits per heavy atom. The fraction of sp³-hybridized carbons (Fsp3) is 0.778. The van der Waals surface area contributed by atoms with Crippen LogP contribution in [0.25, 0.3) is 0 Å². The summed E-state index contributed by atoms with van der Waals surface area (Å²) in [7, 11) is 0. The molecule has 1 aromatic rings. The molecule has 0 N–H and O–H groups in total. The minimum absolute atomic E-state index is 0.109. The Morgan fingerprint density at radius 1 is 1.00 bits per heavy atom. The first kappa shape index (κ1) is 30.2. The van der Waals surface area contributed by atoms with Crippen LogP contribution in [0.3, 0.4) is 0 Å². The molecular weight excluding hydrogens is 513 g/mol. The summed E-state index contributed by atoms with van der Waals surface area (Å²) in [6, 6.07) is 0. The van der Waals surface area contributed by atoms with Gasteiger partial charge in [0.1, 0.15) is 0 Å². The molecule has 1 fully saturated rings. The van der Waals surface area contributed by atoms with E-state index in [-0.39, 0.29) is 45.5 Å². The van der Waals surface area contributed by atoms with Crippen LogP contribution >= 0.6 is 0 Å². The van der Waals surface area contributed by atoms with Gasteiger partial charge < -0.3 is 0 Å². The molecule has 7 nitrogen and oxygen atoms in total. The average Bonchev–Trinajstić information content (AvgIpc) is 3.48. The first-order chi connectivity index (χ1) is 17.2. The Morgan fingerprint density at radius 3 is 2.26 bits per heavy atom. The van der Waals surface area contributed by atoms with Crippen molar-refractivity contribution >= 4 is 20.5 Å². The van der Waals surface area contributed by atoms with Gasteiger partial charge in [0.2, 0.25) is 0 Å². The van der Waals surface area contributed by atoms with Gasteiger partial charge in [-0.25, -0.2) is 0 Å². The van der Waals surface area contributed by atoms with E-state index in [1.165, 1.54) is 0 Å². The van der Waals surface area contributed by atoms with Crippen molar-refractivity contribution in [3.63, 3.8) is 0 Å². The normalized spacial score (nSPS) is 21.9. The molecule has 200 valence electrons. The van der Waals surface area contributed by atoms with Crippen LogP contribution in [0.2, 0.25) is 0 Å². The fourth-order valence-corrected chi connectivity index (χ4v) is 5.76. The van der Waals surface area contributed by atoms with Crippen LogP contribution in [-0.4, -0.2) is 76.8 Å². The van der Waals surface area contributed by atoms with Crippen molar-refractivity contribution in [1.82, 2.24) is 4.98 Å². The van der Waals surface area contributed by atoms with Crippen LogP contribution in [0.5, 0.6) is 0 Å². The molecule has 0 aliphatic carbocycles. The van der Waals surface area contributed by atoms with E-state index in [1.807, 2.05) is 4.94 Å². The number of carbonyl (C=O) groups is 1. The third kappa shape index (κ3) is 10.5. The SMILES string of the molecule is C=CCOC(=O)c1c[se]c([C@@H]2O[C@H](COCCCCC)[C@@H](OCCCCC)[C@H]2OCCCCC)n1. The summed E-state index contributed by atoms with van der Waals surface area (Å²) in [4.78, 5) is 18.8. The van der Waals surface area contributed by atoms with Gasteiger partial charge in [-0.15, -0.1) is 0 Å². The van der Waals surface area contributed by atoms with E-state index < -0.39 is 5.97 Å². The van der Waals surface area contributed by atoms with E-state index in [4.69, 9.17) is 23.7 Å². The summed E-state index contributed by atoms with van der Waals surface area (Å²) >= 11 is -0.109. The summed E-state index contributed by atoms with van der Waals surface area (Å²) in [5, 5.41) is 0. The van der Waals surface area contributed by atoms with E-state index in [0.29, 0.717) is 32.1 Å². The van der Waals surface area contributed by atoms with Crippen molar-refractivity contribution < 1.29 is 28.5 Å². The number of hydrogen-bond acceptors (Lipinski definition) is 7. The molecule has 4 atom stereocenters. The van der Waals surface area contributed by atoms with Crippen molar-refractivity contribution in [2.45, 2.75) is 103 Å². The molecule has 1 aliphatic heterocycles. The Balaban J connectivity index is 2.16. The summed E-state index contributed by atoms with van der Waals surface area (Å²) in [6.07, 6.45) is 10.4. The van der Waals surface area contributed by atoms with Gasteiger partial charge in [0, 0.05) is 0 Å². The minimum atomic E-state index is -0.427. The van der Waals surface area contributed by atoms with Crippen LogP contribution in [0.15, 0.2) is 17.6 Å². The number of ether oxygens (including phenoxy) is 5. The maximum atomic E-state index is 12.3. The average molecular weight is 559 g/mol. The molecule has 0 radical (unpaired) electrons. The zero-order valence-corrected chi connectivity index (χ0v) is 23.6. The summed E-state index contributed by atoms with van der Waals surface area (Å²) in [6.45, 7) is 12.8. The van der Waals surface area contributed by atoms with Gasteiger partial charge in [-0.2, -0.15) is 0 Å². The molecule has 35 heavy (non-hydrogen) atoms. The van der Waals surface area contributed by atoms with E-state index in [1.54, 1.807) is 6.08 Å². The number of rotatable bonds is 20. The third-order valence-electron chi connectivity index (χ3n) is 5.91. The van der Waals surface area contributed by atoms with Crippen molar-refractivity contribution in [2.24, 2.45) is 0 Å². The fourth-order valence-electron chi connectivity index (χ4n) is 3.96. The predicted octanol–water partition coefficient (Wildman–Crippen LogP) is 5.28. The Kier molecular flexibility index (Phi) is 15.8. The third-order valence-corrected chi connectivity index (χ3v) is 7.81. The summed E-state index contributed by atoms with van der Waals surface area (Å²) in [5.74, 6) is -0.427. The Hall–Kier alpha value is -1.02. The number of unbranched alkanes of at least 4 members (excludes halogenated alkanes) is 6. The summed E-state index contributed by atoms with van der Waals surface area (Å²) in [5.41, 5.74) is 0.342. The zero-order valence-electron chi connectivity index (χ0n) is 21.9. The molecule has 8 heteroatoms. The van der Waals surface area contributed by atoms with Crippen LogP contribution in [0, 0.1) is 0 Å². The van der Waals surface area contributed by atoms with E-state index >= 15 is 0 Å². The Labute approximate surface area is 217 Å². The number of nitrogens with zero attached hydrogens (tertiary/aromatic N) is 1. The molecule has 1 aromatic heterocycles. The quantitative estimate of drug-likeness (QED) is 0.0933. The van der Waals surface area contributed by atoms with Crippen molar-refractivity contribution in [1.29, 1.82) is 0 Å². The van der Waals surface area contributed by atoms with Crippen molar-refractivity contribution in [2.75, 3.05) is 33.0 Å². The first-order valence-corrected chi connectivity index (χ1v) is 15.2. The van der Waals surface area contributed by atoms with Crippen molar-refractivity contribution in [3.8, 4) is 0 Å². The second kappa shape index (κ2) is 18.3. The molecule has 0 aromatic carbocycles. The standard InChI is InChI=1S/C27H45NO6Se/c1-5-9-12-16-30-19-22-23(31-17-13-10-6-2)24(32-18-14-11-7-3)25(34-22)26-28-21(20-35-26)27(29)33-15-8-4/h8,20,22-25H,4-7,9-19H2,1-3H3/t22-,23-,24-,25-/m1/s1. The van der Waals surface area contributed by atoms with Gasteiger partial charge in [0.15, 0.2) is 0 Å². The second-order valence-electron chi connectivity index (χ2n) is 8.92. The van der Waals surface area contributed by atoms with Gasteiger partial charge in [-0.3, -0.25) is 0 Å². The number of esters is 1. The maximum absolute atomic E-state index is 12.3. The van der Waals surface area contributed by atoms with Crippen molar-refractivity contribution in [3.05, 3.63) is 27.9 Å². The molecule has 2 heterocycles. The van der Waals surface area contributed by atoms with E-state index in [9.17, 15) is 4.79 Å². The van der Waals surface area contributed by atoms with Gasteiger partial charge in [0.25, 0.3) is 0 Å². The van der Waals surface area contributed by atoms with E-state index in [0.717, 1.165) is 62.4 Å². The van der Waals surface area contributed by atoms with Crippen LogP contribution in [-0.2, 0) is 23.7 Å². The Bertz CT molecular complexity index is 712. The van der Waals surface area contributed by atoms with Gasteiger partial charge >= 0.3 is 218 Å². The van der Waals surface area contributed by atoms with E-state index in [2.05, 4.69) is 32.3 Å². The van der Waals surface area contributed by atoms with Crippen LogP contribution in [0.4, 0.5) is 0 Å². The molecule has 1 aliphatic rings. The molecule has 2 rings (SSSR count). The molecular formula is C27H45NO6Se. The number of carbonyl (C=O) groups excluding carboxylic acids is 1. The molecule has 0 unspecified atom stereocenters. The summed E-state index contributed by atoms with van der Waals surface area (Å²) < 4.78 is 31.3. The van der Waals surface area contributed by atoms with Gasteiger partial charge in [-0.05, 0) is 0 Å². The zero-order chi connectivity index (χ0) is 25.3. The van der Waals surface area contributed by atoms with Crippen LogP contribution < -0.4 is 0 Å². The first-order valence-electron chi connectivity index (χ1n) is 13.4. The molecule has 0 bridgehead atoms. The topological polar surface area (TPSA) is 76.1 Å².